The van der Waals surface area contributed by atoms with Crippen molar-refractivity contribution in [2.24, 2.45) is 11.8 Å². The Morgan fingerprint density at radius 1 is 1.04 bits per heavy atom. The van der Waals surface area contributed by atoms with E-state index in [-0.39, 0.29) is 36.0 Å². The number of hydrogen-bond acceptors (Lipinski definition) is 3. The van der Waals surface area contributed by atoms with Gasteiger partial charge in [-0.2, -0.15) is 0 Å². The molecule has 1 fully saturated rings. The van der Waals surface area contributed by atoms with Gasteiger partial charge >= 0.3 is 0 Å². The monoisotopic (exact) mass is 355 g/mol. The topological polar surface area (TPSA) is 61.4 Å². The van der Waals surface area contributed by atoms with Crippen LogP contribution in [0.25, 0.3) is 0 Å². The first-order valence-corrected chi connectivity index (χ1v) is 8.55. The lowest BCUT2D eigenvalue weighted by atomic mass is 10.2. The standard InChI is InChI=1S/C20H22FN3O2/c1-24(2)15-9-7-14(8-10-15)23-20(26)17-11-16(17)19(25)22-12-13-5-3-4-6-18(13)21/h3-10,16-17H,11-12H2,1-2H3,(H,22,25)(H,23,26). The SMILES string of the molecule is CN(C)c1ccc(NC(=O)C2CC2C(=O)NCc2ccccc2F)cc1. The Morgan fingerprint density at radius 2 is 1.69 bits per heavy atom. The van der Waals surface area contributed by atoms with Crippen LogP contribution in [0.1, 0.15) is 12.0 Å². The molecular weight excluding hydrogens is 333 g/mol. The first-order valence-electron chi connectivity index (χ1n) is 8.55. The normalized spacial score (nSPS) is 18.1. The van der Waals surface area contributed by atoms with Gasteiger partial charge < -0.3 is 15.5 Å². The molecule has 6 heteroatoms. The lowest BCUT2D eigenvalue weighted by Crippen LogP contribution is -2.27. The van der Waals surface area contributed by atoms with Crippen molar-refractivity contribution in [3.8, 4) is 0 Å². The minimum atomic E-state index is -0.348. The van der Waals surface area contributed by atoms with Crippen LogP contribution in [0.3, 0.4) is 0 Å². The van der Waals surface area contributed by atoms with E-state index in [1.807, 2.05) is 43.3 Å². The molecule has 2 atom stereocenters. The van der Waals surface area contributed by atoms with E-state index in [1.54, 1.807) is 18.2 Å². The second kappa shape index (κ2) is 7.56. The average molecular weight is 355 g/mol. The molecule has 1 aliphatic carbocycles. The minimum absolute atomic E-state index is 0.127. The van der Waals surface area contributed by atoms with Crippen molar-refractivity contribution in [3.05, 3.63) is 59.9 Å². The minimum Gasteiger partial charge on any atom is -0.378 e. The number of rotatable bonds is 6. The maximum Gasteiger partial charge on any atom is 0.228 e. The Balaban J connectivity index is 1.49. The second-order valence-electron chi connectivity index (χ2n) is 6.69. The Labute approximate surface area is 152 Å². The van der Waals surface area contributed by atoms with Crippen molar-refractivity contribution in [1.82, 2.24) is 5.32 Å². The summed E-state index contributed by atoms with van der Waals surface area (Å²) >= 11 is 0. The number of nitrogens with one attached hydrogen (secondary N) is 2. The van der Waals surface area contributed by atoms with E-state index < -0.39 is 0 Å². The summed E-state index contributed by atoms with van der Waals surface area (Å²) < 4.78 is 13.6. The summed E-state index contributed by atoms with van der Waals surface area (Å²) in [6, 6.07) is 13.8. The zero-order valence-corrected chi connectivity index (χ0v) is 14.8. The predicted octanol–water partition coefficient (Wildman–Crippen LogP) is 2.78. The molecule has 1 aliphatic rings. The highest BCUT2D eigenvalue weighted by atomic mass is 19.1. The Kier molecular flexibility index (Phi) is 5.21. The maximum absolute atomic E-state index is 13.6. The number of halogens is 1. The smallest absolute Gasteiger partial charge is 0.228 e. The van der Waals surface area contributed by atoms with Gasteiger partial charge in [0.2, 0.25) is 11.8 Å². The third kappa shape index (κ3) is 4.20. The average Bonchev–Trinajstić information content (AvgIpc) is 3.42. The van der Waals surface area contributed by atoms with Gasteiger partial charge in [-0.1, -0.05) is 18.2 Å². The number of nitrogens with zero attached hydrogens (tertiary/aromatic N) is 1. The highest BCUT2D eigenvalue weighted by Crippen LogP contribution is 2.39. The van der Waals surface area contributed by atoms with E-state index in [4.69, 9.17) is 0 Å². The zero-order valence-electron chi connectivity index (χ0n) is 14.8. The van der Waals surface area contributed by atoms with Gasteiger partial charge in [-0.15, -0.1) is 0 Å². The molecule has 0 heterocycles. The van der Waals surface area contributed by atoms with Gasteiger partial charge in [0.25, 0.3) is 0 Å². The number of hydrogen-bond donors (Lipinski definition) is 2. The van der Waals surface area contributed by atoms with Crippen LogP contribution in [0.4, 0.5) is 15.8 Å². The summed E-state index contributed by atoms with van der Waals surface area (Å²) in [6.07, 6.45) is 0.519. The van der Waals surface area contributed by atoms with Gasteiger partial charge in [0, 0.05) is 37.6 Å². The summed E-state index contributed by atoms with van der Waals surface area (Å²) in [5.74, 6) is -1.39. The molecule has 0 aliphatic heterocycles. The summed E-state index contributed by atoms with van der Waals surface area (Å²) in [5, 5.41) is 5.55. The number of benzene rings is 2. The molecule has 2 amide bonds. The van der Waals surface area contributed by atoms with Crippen molar-refractivity contribution >= 4 is 23.2 Å². The number of carbonyl (C=O) groups is 2. The maximum atomic E-state index is 13.6. The fourth-order valence-electron chi connectivity index (χ4n) is 2.81. The quantitative estimate of drug-likeness (QED) is 0.838. The number of amides is 2. The first-order chi connectivity index (χ1) is 12.5. The van der Waals surface area contributed by atoms with Gasteiger partial charge in [0.05, 0.1) is 11.8 Å². The molecule has 2 unspecified atom stereocenters. The van der Waals surface area contributed by atoms with Gasteiger partial charge in [0.1, 0.15) is 5.82 Å². The van der Waals surface area contributed by atoms with E-state index in [1.165, 1.54) is 6.07 Å². The van der Waals surface area contributed by atoms with Gasteiger partial charge in [-0.3, -0.25) is 9.59 Å². The molecule has 0 spiro atoms. The van der Waals surface area contributed by atoms with Gasteiger partial charge in [0.15, 0.2) is 0 Å². The Morgan fingerprint density at radius 3 is 2.35 bits per heavy atom. The van der Waals surface area contributed by atoms with Crippen LogP contribution in [0.15, 0.2) is 48.5 Å². The largest absolute Gasteiger partial charge is 0.378 e. The van der Waals surface area contributed by atoms with Gasteiger partial charge in [-0.25, -0.2) is 4.39 Å². The van der Waals surface area contributed by atoms with Crippen molar-refractivity contribution in [3.63, 3.8) is 0 Å². The molecular formula is C20H22FN3O2. The molecule has 0 saturated heterocycles. The van der Waals surface area contributed by atoms with Crippen LogP contribution in [0.2, 0.25) is 0 Å². The van der Waals surface area contributed by atoms with E-state index in [2.05, 4.69) is 10.6 Å². The molecule has 2 N–H and O–H groups in total. The molecule has 3 rings (SSSR count). The second-order valence-corrected chi connectivity index (χ2v) is 6.69. The number of carbonyl (C=O) groups excluding carboxylic acids is 2. The molecule has 1 saturated carbocycles. The number of anilines is 2. The summed E-state index contributed by atoms with van der Waals surface area (Å²) in [7, 11) is 3.89. The van der Waals surface area contributed by atoms with Crippen LogP contribution in [-0.4, -0.2) is 25.9 Å². The lowest BCUT2D eigenvalue weighted by Gasteiger charge is -2.13. The Hall–Kier alpha value is -2.89. The summed E-state index contributed by atoms with van der Waals surface area (Å²) in [6.45, 7) is 0.127. The highest BCUT2D eigenvalue weighted by molar-refractivity contribution is 5.99. The zero-order chi connectivity index (χ0) is 18.7. The molecule has 136 valence electrons. The van der Waals surface area contributed by atoms with Crippen molar-refractivity contribution in [2.75, 3.05) is 24.3 Å². The molecule has 26 heavy (non-hydrogen) atoms. The van der Waals surface area contributed by atoms with Crippen LogP contribution in [0, 0.1) is 17.7 Å². The van der Waals surface area contributed by atoms with Crippen molar-refractivity contribution in [1.29, 1.82) is 0 Å². The third-order valence-corrected chi connectivity index (χ3v) is 4.53. The van der Waals surface area contributed by atoms with Crippen LogP contribution in [0.5, 0.6) is 0 Å². The third-order valence-electron chi connectivity index (χ3n) is 4.53. The van der Waals surface area contributed by atoms with Crippen LogP contribution in [-0.2, 0) is 16.1 Å². The van der Waals surface area contributed by atoms with E-state index in [9.17, 15) is 14.0 Å². The fourth-order valence-corrected chi connectivity index (χ4v) is 2.81. The van der Waals surface area contributed by atoms with E-state index >= 15 is 0 Å². The molecule has 5 nitrogen and oxygen atoms in total. The van der Waals surface area contributed by atoms with Crippen molar-refractivity contribution in [2.45, 2.75) is 13.0 Å². The summed E-state index contributed by atoms with van der Waals surface area (Å²) in [5.41, 5.74) is 2.18. The molecule has 2 aromatic rings. The molecule has 0 aromatic heterocycles. The molecule has 2 aromatic carbocycles. The Bertz CT molecular complexity index is 805. The molecule has 0 radical (unpaired) electrons. The summed E-state index contributed by atoms with van der Waals surface area (Å²) in [4.78, 5) is 26.4. The van der Waals surface area contributed by atoms with Crippen LogP contribution >= 0.6 is 0 Å². The van der Waals surface area contributed by atoms with E-state index in [0.29, 0.717) is 17.7 Å². The fraction of sp³-hybridized carbons (Fsp3) is 0.300. The molecule has 0 bridgehead atoms. The van der Waals surface area contributed by atoms with E-state index in [0.717, 1.165) is 5.69 Å². The first kappa shape index (κ1) is 17.9. The lowest BCUT2D eigenvalue weighted by molar-refractivity contribution is -0.125. The predicted molar refractivity (Wildman–Crippen MR) is 99.2 cm³/mol. The van der Waals surface area contributed by atoms with Crippen molar-refractivity contribution < 1.29 is 14.0 Å². The van der Waals surface area contributed by atoms with Gasteiger partial charge in [-0.05, 0) is 36.8 Å². The van der Waals surface area contributed by atoms with Crippen LogP contribution < -0.4 is 15.5 Å². The highest BCUT2D eigenvalue weighted by Gasteiger charge is 2.47.